The molecule has 32 heavy (non-hydrogen) atoms. The molecule has 2 aromatic rings. The van der Waals surface area contributed by atoms with Gasteiger partial charge in [0.2, 0.25) is 15.9 Å². The SMILES string of the molecule is CN(C)c1ccc(C(F)(F)F)cc1NC(=O)C1CCN(S(=O)(=O)c2cccnc2Cl)CC1. The van der Waals surface area contributed by atoms with Gasteiger partial charge in [0.1, 0.15) is 10.0 Å². The van der Waals surface area contributed by atoms with E-state index in [4.69, 9.17) is 11.6 Å². The molecule has 174 valence electrons. The van der Waals surface area contributed by atoms with E-state index in [1.165, 1.54) is 28.7 Å². The summed E-state index contributed by atoms with van der Waals surface area (Å²) in [4.78, 5) is 18.1. The maximum absolute atomic E-state index is 13.1. The number of rotatable bonds is 5. The quantitative estimate of drug-likeness (QED) is 0.644. The minimum Gasteiger partial charge on any atom is -0.376 e. The van der Waals surface area contributed by atoms with Gasteiger partial charge in [0.25, 0.3) is 0 Å². The number of nitrogens with one attached hydrogen (secondary N) is 1. The van der Waals surface area contributed by atoms with Crippen LogP contribution in [0, 0.1) is 5.92 Å². The van der Waals surface area contributed by atoms with Crippen molar-refractivity contribution in [1.82, 2.24) is 9.29 Å². The number of piperidine rings is 1. The van der Waals surface area contributed by atoms with Gasteiger partial charge < -0.3 is 10.2 Å². The molecule has 0 saturated carbocycles. The van der Waals surface area contributed by atoms with Crippen LogP contribution < -0.4 is 10.2 Å². The normalized spacial score (nSPS) is 16.1. The molecule has 0 bridgehead atoms. The third-order valence-corrected chi connectivity index (χ3v) is 7.57. The average molecular weight is 491 g/mol. The number of nitrogens with zero attached hydrogens (tertiary/aromatic N) is 3. The highest BCUT2D eigenvalue weighted by molar-refractivity contribution is 7.89. The van der Waals surface area contributed by atoms with Gasteiger partial charge in [-0.25, -0.2) is 13.4 Å². The first-order chi connectivity index (χ1) is 14.9. The van der Waals surface area contributed by atoms with Gasteiger partial charge in [-0.05, 0) is 43.2 Å². The van der Waals surface area contributed by atoms with E-state index in [1.807, 2.05) is 0 Å². The predicted octanol–water partition coefficient (Wildman–Crippen LogP) is 3.86. The van der Waals surface area contributed by atoms with Crippen molar-refractivity contribution in [1.29, 1.82) is 0 Å². The number of hydrogen-bond donors (Lipinski definition) is 1. The first kappa shape index (κ1) is 24.3. The van der Waals surface area contributed by atoms with E-state index in [9.17, 15) is 26.4 Å². The van der Waals surface area contributed by atoms with Crippen LogP contribution in [-0.2, 0) is 21.0 Å². The van der Waals surface area contributed by atoms with Crippen molar-refractivity contribution in [3.8, 4) is 0 Å². The summed E-state index contributed by atoms with van der Waals surface area (Å²) in [5.74, 6) is -1.00. The van der Waals surface area contributed by atoms with Crippen molar-refractivity contribution in [3.05, 3.63) is 47.2 Å². The Bertz CT molecular complexity index is 1100. The highest BCUT2D eigenvalue weighted by Gasteiger charge is 2.35. The molecule has 0 aliphatic carbocycles. The summed E-state index contributed by atoms with van der Waals surface area (Å²) in [6, 6.07) is 5.98. The number of carbonyl (C=O) groups excluding carboxylic acids is 1. The number of benzene rings is 1. The lowest BCUT2D eigenvalue weighted by Gasteiger charge is -2.31. The summed E-state index contributed by atoms with van der Waals surface area (Å²) in [7, 11) is -0.549. The van der Waals surface area contributed by atoms with Gasteiger partial charge in [0.15, 0.2) is 0 Å². The molecule has 2 heterocycles. The Morgan fingerprint density at radius 1 is 1.22 bits per heavy atom. The summed E-state index contributed by atoms with van der Waals surface area (Å²) >= 11 is 5.92. The monoisotopic (exact) mass is 490 g/mol. The molecular formula is C20H22ClF3N4O3S. The Hall–Kier alpha value is -2.37. The Balaban J connectivity index is 1.72. The Labute approximate surface area is 189 Å². The standard InChI is InChI=1S/C20H22ClF3N4O3S/c1-27(2)16-6-5-14(20(22,23)24)12-15(16)26-19(29)13-7-10-28(11-8-13)32(30,31)17-4-3-9-25-18(17)21/h3-6,9,12-13H,7-8,10-11H2,1-2H3,(H,26,29). The number of alkyl halides is 3. The second-order valence-corrected chi connectivity index (χ2v) is 9.85. The van der Waals surface area contributed by atoms with E-state index in [1.54, 1.807) is 19.0 Å². The molecule has 3 rings (SSSR count). The molecule has 1 saturated heterocycles. The zero-order chi connectivity index (χ0) is 23.7. The van der Waals surface area contributed by atoms with Crippen molar-refractivity contribution >= 4 is 38.9 Å². The topological polar surface area (TPSA) is 82.6 Å². The fourth-order valence-electron chi connectivity index (χ4n) is 3.50. The maximum atomic E-state index is 13.1. The predicted molar refractivity (Wildman–Crippen MR) is 115 cm³/mol. The largest absolute Gasteiger partial charge is 0.416 e. The molecule has 1 aromatic carbocycles. The number of amides is 1. The molecular weight excluding hydrogens is 469 g/mol. The van der Waals surface area contributed by atoms with Crippen LogP contribution in [0.15, 0.2) is 41.4 Å². The molecule has 1 aromatic heterocycles. The second kappa shape index (κ2) is 9.24. The molecule has 12 heteroatoms. The number of hydrogen-bond acceptors (Lipinski definition) is 5. The minimum atomic E-state index is -4.54. The van der Waals surface area contributed by atoms with Gasteiger partial charge >= 0.3 is 6.18 Å². The Morgan fingerprint density at radius 2 is 1.88 bits per heavy atom. The molecule has 0 spiro atoms. The molecule has 1 aliphatic rings. The first-order valence-corrected chi connectivity index (χ1v) is 11.5. The van der Waals surface area contributed by atoms with Crippen molar-refractivity contribution < 1.29 is 26.4 Å². The molecule has 0 unspecified atom stereocenters. The van der Waals surface area contributed by atoms with Gasteiger partial charge in [-0.15, -0.1) is 0 Å². The minimum absolute atomic E-state index is 0.0482. The van der Waals surface area contributed by atoms with Gasteiger partial charge in [-0.3, -0.25) is 4.79 Å². The Kier molecular flexibility index (Phi) is 7.01. The van der Waals surface area contributed by atoms with Crippen LogP contribution in [0.3, 0.4) is 0 Å². The highest BCUT2D eigenvalue weighted by Crippen LogP contribution is 2.35. The van der Waals surface area contributed by atoms with E-state index in [0.29, 0.717) is 5.69 Å². The third-order valence-electron chi connectivity index (χ3n) is 5.23. The lowest BCUT2D eigenvalue weighted by atomic mass is 9.97. The van der Waals surface area contributed by atoms with Crippen LogP contribution in [0.4, 0.5) is 24.5 Å². The summed E-state index contributed by atoms with van der Waals surface area (Å²) in [5.41, 5.74) is -0.391. The van der Waals surface area contributed by atoms with Crippen LogP contribution in [0.5, 0.6) is 0 Å². The van der Waals surface area contributed by atoms with Gasteiger partial charge in [-0.1, -0.05) is 11.6 Å². The van der Waals surface area contributed by atoms with Crippen LogP contribution in [0.1, 0.15) is 18.4 Å². The van der Waals surface area contributed by atoms with Gasteiger partial charge in [0.05, 0.1) is 16.9 Å². The zero-order valence-electron chi connectivity index (χ0n) is 17.4. The number of aromatic nitrogens is 1. The van der Waals surface area contributed by atoms with Crippen LogP contribution in [0.2, 0.25) is 5.15 Å². The van der Waals surface area contributed by atoms with Crippen LogP contribution in [0.25, 0.3) is 0 Å². The van der Waals surface area contributed by atoms with Crippen molar-refractivity contribution in [3.63, 3.8) is 0 Å². The lowest BCUT2D eigenvalue weighted by molar-refractivity contribution is -0.137. The maximum Gasteiger partial charge on any atom is 0.416 e. The number of sulfonamides is 1. The first-order valence-electron chi connectivity index (χ1n) is 9.71. The van der Waals surface area contributed by atoms with Crippen LogP contribution >= 0.6 is 11.6 Å². The molecule has 0 atom stereocenters. The second-order valence-electron chi connectivity index (χ2n) is 7.58. The smallest absolute Gasteiger partial charge is 0.376 e. The molecule has 7 nitrogen and oxygen atoms in total. The van der Waals surface area contributed by atoms with Crippen LogP contribution in [-0.4, -0.2) is 50.8 Å². The number of pyridine rings is 1. The number of carbonyl (C=O) groups is 1. The van der Waals surface area contributed by atoms with E-state index in [2.05, 4.69) is 10.3 Å². The zero-order valence-corrected chi connectivity index (χ0v) is 18.9. The van der Waals surface area contributed by atoms with E-state index in [0.717, 1.165) is 12.1 Å². The number of halogens is 4. The van der Waals surface area contributed by atoms with E-state index in [-0.39, 0.29) is 41.7 Å². The summed E-state index contributed by atoms with van der Waals surface area (Å²) in [6.45, 7) is 0.156. The summed E-state index contributed by atoms with van der Waals surface area (Å²) in [6.07, 6.45) is -2.72. The third kappa shape index (κ3) is 5.16. The summed E-state index contributed by atoms with van der Waals surface area (Å²) < 4.78 is 66.2. The van der Waals surface area contributed by atoms with Crippen molar-refractivity contribution in [2.45, 2.75) is 23.9 Å². The number of anilines is 2. The van der Waals surface area contributed by atoms with E-state index < -0.39 is 33.6 Å². The van der Waals surface area contributed by atoms with Crippen molar-refractivity contribution in [2.24, 2.45) is 5.92 Å². The lowest BCUT2D eigenvalue weighted by Crippen LogP contribution is -2.41. The molecule has 1 N–H and O–H groups in total. The van der Waals surface area contributed by atoms with E-state index >= 15 is 0 Å². The molecule has 0 radical (unpaired) electrons. The molecule has 1 amide bonds. The fraction of sp³-hybridized carbons (Fsp3) is 0.400. The van der Waals surface area contributed by atoms with Gasteiger partial charge in [0, 0.05) is 39.3 Å². The average Bonchev–Trinajstić information content (AvgIpc) is 2.73. The van der Waals surface area contributed by atoms with Gasteiger partial charge in [-0.2, -0.15) is 17.5 Å². The summed E-state index contributed by atoms with van der Waals surface area (Å²) in [5, 5.41) is 2.46. The molecule has 1 fully saturated rings. The molecule has 1 aliphatic heterocycles. The fourth-order valence-corrected chi connectivity index (χ4v) is 5.40. The Morgan fingerprint density at radius 3 is 2.44 bits per heavy atom. The van der Waals surface area contributed by atoms with Crippen molar-refractivity contribution in [2.75, 3.05) is 37.4 Å². The highest BCUT2D eigenvalue weighted by atomic mass is 35.5.